The quantitative estimate of drug-likeness (QED) is 0.651. The van der Waals surface area contributed by atoms with Crippen LogP contribution in [0.2, 0.25) is 5.02 Å². The van der Waals surface area contributed by atoms with Crippen LogP contribution in [0.3, 0.4) is 0 Å². The molecule has 0 spiro atoms. The van der Waals surface area contributed by atoms with E-state index in [1.165, 1.54) is 0 Å². The molecule has 0 saturated heterocycles. The van der Waals surface area contributed by atoms with Crippen LogP contribution in [0.4, 0.5) is 11.4 Å². The number of nitriles is 1. The Morgan fingerprint density at radius 1 is 1.22 bits per heavy atom. The highest BCUT2D eigenvalue weighted by atomic mass is 127. The standard InChI is InChI=1S/C13H7BrClIN2/c14-10-2-1-3-12(9(10)7-17)18-13-5-4-8(15)6-11(13)16/h1-6,18H. The van der Waals surface area contributed by atoms with Crippen molar-refractivity contribution in [3.8, 4) is 6.07 Å². The third-order valence-electron chi connectivity index (χ3n) is 2.33. The second-order valence-electron chi connectivity index (χ2n) is 3.52. The van der Waals surface area contributed by atoms with E-state index in [0.717, 1.165) is 19.4 Å². The monoisotopic (exact) mass is 432 g/mol. The summed E-state index contributed by atoms with van der Waals surface area (Å²) in [7, 11) is 0. The molecule has 0 aliphatic carbocycles. The minimum atomic E-state index is 0.586. The molecule has 1 N–H and O–H groups in total. The van der Waals surface area contributed by atoms with Crippen LogP contribution < -0.4 is 5.32 Å². The topological polar surface area (TPSA) is 35.8 Å². The van der Waals surface area contributed by atoms with Gasteiger partial charge in [0.1, 0.15) is 6.07 Å². The van der Waals surface area contributed by atoms with Gasteiger partial charge in [-0.05, 0) is 68.9 Å². The number of nitrogens with one attached hydrogen (secondary N) is 1. The van der Waals surface area contributed by atoms with E-state index in [0.29, 0.717) is 10.6 Å². The Balaban J connectivity index is 2.41. The summed E-state index contributed by atoms with van der Waals surface area (Å²) in [4.78, 5) is 0. The highest BCUT2D eigenvalue weighted by Gasteiger charge is 2.07. The Bertz CT molecular complexity index is 637. The van der Waals surface area contributed by atoms with Gasteiger partial charge in [-0.3, -0.25) is 0 Å². The minimum Gasteiger partial charge on any atom is -0.354 e. The lowest BCUT2D eigenvalue weighted by atomic mass is 10.2. The molecule has 0 aromatic heterocycles. The van der Waals surface area contributed by atoms with Crippen LogP contribution in [-0.2, 0) is 0 Å². The van der Waals surface area contributed by atoms with Crippen molar-refractivity contribution in [1.29, 1.82) is 5.26 Å². The first-order valence-electron chi connectivity index (χ1n) is 5.02. The Labute approximate surface area is 132 Å². The van der Waals surface area contributed by atoms with Crippen LogP contribution in [-0.4, -0.2) is 0 Å². The maximum atomic E-state index is 9.15. The Morgan fingerprint density at radius 2 is 2.00 bits per heavy atom. The van der Waals surface area contributed by atoms with Gasteiger partial charge in [0.05, 0.1) is 16.9 Å². The molecule has 0 atom stereocenters. The fourth-order valence-electron chi connectivity index (χ4n) is 1.48. The van der Waals surface area contributed by atoms with Crippen LogP contribution in [0.15, 0.2) is 40.9 Å². The van der Waals surface area contributed by atoms with Gasteiger partial charge in [0.2, 0.25) is 0 Å². The summed E-state index contributed by atoms with van der Waals surface area (Å²) in [6, 6.07) is 13.4. The molecule has 2 aromatic rings. The average Bonchev–Trinajstić information content (AvgIpc) is 2.33. The largest absolute Gasteiger partial charge is 0.354 e. The van der Waals surface area contributed by atoms with Crippen LogP contribution >= 0.6 is 50.1 Å². The van der Waals surface area contributed by atoms with Crippen molar-refractivity contribution in [2.45, 2.75) is 0 Å². The predicted octanol–water partition coefficient (Wildman–Crippen LogP) is 5.32. The fraction of sp³-hybridized carbons (Fsp3) is 0. The van der Waals surface area contributed by atoms with E-state index in [1.807, 2.05) is 36.4 Å². The van der Waals surface area contributed by atoms with Gasteiger partial charge in [-0.25, -0.2) is 0 Å². The van der Waals surface area contributed by atoms with Crippen molar-refractivity contribution in [2.24, 2.45) is 0 Å². The molecule has 0 fully saturated rings. The molecule has 18 heavy (non-hydrogen) atoms. The molecule has 0 saturated carbocycles. The molecule has 2 aromatic carbocycles. The van der Waals surface area contributed by atoms with E-state index in [4.69, 9.17) is 16.9 Å². The number of hydrogen-bond donors (Lipinski definition) is 1. The van der Waals surface area contributed by atoms with Crippen LogP contribution in [0.1, 0.15) is 5.56 Å². The van der Waals surface area contributed by atoms with E-state index in [1.54, 1.807) is 0 Å². The highest BCUT2D eigenvalue weighted by Crippen LogP contribution is 2.29. The molecule has 0 radical (unpaired) electrons. The summed E-state index contributed by atoms with van der Waals surface area (Å²) >= 11 is 11.5. The molecule has 0 amide bonds. The summed E-state index contributed by atoms with van der Waals surface area (Å²) < 4.78 is 1.78. The third-order valence-corrected chi connectivity index (χ3v) is 4.11. The summed E-state index contributed by atoms with van der Waals surface area (Å²) in [6.45, 7) is 0. The van der Waals surface area contributed by atoms with Gasteiger partial charge in [0, 0.05) is 13.1 Å². The van der Waals surface area contributed by atoms with Gasteiger partial charge in [-0.15, -0.1) is 0 Å². The fourth-order valence-corrected chi connectivity index (χ4v) is 2.94. The maximum absolute atomic E-state index is 9.15. The number of benzene rings is 2. The van der Waals surface area contributed by atoms with Gasteiger partial charge in [0.15, 0.2) is 0 Å². The summed E-state index contributed by atoms with van der Waals surface area (Å²) in [5.41, 5.74) is 2.28. The Kier molecular flexibility index (Phi) is 4.49. The van der Waals surface area contributed by atoms with Gasteiger partial charge < -0.3 is 5.32 Å². The molecule has 0 aliphatic rings. The van der Waals surface area contributed by atoms with Crippen molar-refractivity contribution in [2.75, 3.05) is 5.32 Å². The first-order chi connectivity index (χ1) is 8.61. The lowest BCUT2D eigenvalue weighted by molar-refractivity contribution is 1.44. The van der Waals surface area contributed by atoms with E-state index >= 15 is 0 Å². The number of anilines is 2. The van der Waals surface area contributed by atoms with E-state index < -0.39 is 0 Å². The average molecular weight is 433 g/mol. The second-order valence-corrected chi connectivity index (χ2v) is 5.98. The van der Waals surface area contributed by atoms with Gasteiger partial charge in [-0.2, -0.15) is 5.26 Å². The predicted molar refractivity (Wildman–Crippen MR) is 86.3 cm³/mol. The summed E-state index contributed by atoms with van der Waals surface area (Å²) in [5, 5.41) is 13.1. The van der Waals surface area contributed by atoms with Crippen molar-refractivity contribution < 1.29 is 0 Å². The van der Waals surface area contributed by atoms with Gasteiger partial charge in [0.25, 0.3) is 0 Å². The van der Waals surface area contributed by atoms with Crippen LogP contribution in [0.25, 0.3) is 0 Å². The highest BCUT2D eigenvalue weighted by molar-refractivity contribution is 14.1. The van der Waals surface area contributed by atoms with Gasteiger partial charge >= 0.3 is 0 Å². The SMILES string of the molecule is N#Cc1c(Br)cccc1Nc1ccc(Cl)cc1I. The molecule has 0 unspecified atom stereocenters. The van der Waals surface area contributed by atoms with Crippen molar-refractivity contribution >= 4 is 61.5 Å². The molecular formula is C13H7BrClIN2. The second kappa shape index (κ2) is 5.91. The first-order valence-corrected chi connectivity index (χ1v) is 7.27. The Hall–Kier alpha value is -0.770. The lowest BCUT2D eigenvalue weighted by Gasteiger charge is -2.11. The lowest BCUT2D eigenvalue weighted by Crippen LogP contribution is -1.96. The first kappa shape index (κ1) is 13.7. The Morgan fingerprint density at radius 3 is 2.67 bits per heavy atom. The molecule has 0 heterocycles. The van der Waals surface area contributed by atoms with E-state index in [-0.39, 0.29) is 0 Å². The van der Waals surface area contributed by atoms with Crippen molar-refractivity contribution in [3.05, 3.63) is 55.0 Å². The number of rotatable bonds is 2. The zero-order valence-corrected chi connectivity index (χ0v) is 13.5. The maximum Gasteiger partial charge on any atom is 0.103 e. The third kappa shape index (κ3) is 2.97. The van der Waals surface area contributed by atoms with Crippen LogP contribution in [0.5, 0.6) is 0 Å². The van der Waals surface area contributed by atoms with Crippen LogP contribution in [0, 0.1) is 14.9 Å². The number of nitrogens with zero attached hydrogens (tertiary/aromatic N) is 1. The molecule has 5 heteroatoms. The van der Waals surface area contributed by atoms with Crippen molar-refractivity contribution in [3.63, 3.8) is 0 Å². The molecular weight excluding hydrogens is 426 g/mol. The van der Waals surface area contributed by atoms with E-state index in [2.05, 4.69) is 49.9 Å². The van der Waals surface area contributed by atoms with Gasteiger partial charge in [-0.1, -0.05) is 17.7 Å². The smallest absolute Gasteiger partial charge is 0.103 e. The molecule has 0 bridgehead atoms. The molecule has 2 nitrogen and oxygen atoms in total. The summed E-state index contributed by atoms with van der Waals surface area (Å²) in [6.07, 6.45) is 0. The zero-order chi connectivity index (χ0) is 13.1. The normalized spacial score (nSPS) is 9.89. The van der Waals surface area contributed by atoms with Crippen molar-refractivity contribution in [1.82, 2.24) is 0 Å². The number of hydrogen-bond acceptors (Lipinski definition) is 2. The molecule has 0 aliphatic heterocycles. The molecule has 90 valence electrons. The minimum absolute atomic E-state index is 0.586. The number of halogens is 3. The van der Waals surface area contributed by atoms with E-state index in [9.17, 15) is 0 Å². The molecule has 2 rings (SSSR count). The zero-order valence-electron chi connectivity index (χ0n) is 9.05. The summed E-state index contributed by atoms with van der Waals surface area (Å²) in [5.74, 6) is 0.